The molecule has 1 aliphatic carbocycles. The molecule has 29 heavy (non-hydrogen) atoms. The number of rotatable bonds is 9. The highest BCUT2D eigenvalue weighted by atomic mass is 16.5. The third-order valence-corrected chi connectivity index (χ3v) is 7.22. The summed E-state index contributed by atoms with van der Waals surface area (Å²) in [6, 6.07) is -0.123. The van der Waals surface area contributed by atoms with Crippen LogP contribution < -0.4 is 0 Å². The van der Waals surface area contributed by atoms with Gasteiger partial charge in [0.25, 0.3) is 0 Å². The molecule has 170 valence electrons. The Morgan fingerprint density at radius 2 is 1.90 bits per heavy atom. The van der Waals surface area contributed by atoms with Gasteiger partial charge >= 0.3 is 0 Å². The zero-order valence-electron chi connectivity index (χ0n) is 19.4. The van der Waals surface area contributed by atoms with E-state index in [4.69, 9.17) is 4.74 Å². The maximum atomic E-state index is 11.8. The van der Waals surface area contributed by atoms with Crippen molar-refractivity contribution in [1.29, 1.82) is 0 Å². The second-order valence-corrected chi connectivity index (χ2v) is 9.50. The number of methoxy groups -OCH3 is 1. The van der Waals surface area contributed by atoms with Crippen molar-refractivity contribution >= 4 is 0 Å². The van der Waals surface area contributed by atoms with Gasteiger partial charge in [0.05, 0.1) is 23.4 Å². The predicted molar refractivity (Wildman–Crippen MR) is 117 cm³/mol. The molecule has 1 saturated carbocycles. The number of hydrogen-bond acceptors (Lipinski definition) is 6. The van der Waals surface area contributed by atoms with Crippen LogP contribution in [-0.4, -0.2) is 94.4 Å². The standard InChI is InChI=1S/C23H44N2O4/c1-7-24(8-2)14-9-15-25-16-23(28)13-12-18(26)20(29-6)21(23)22(5,27)19(25)11-10-17(3)4/h10,18-21,26-28H,7-9,11-16H2,1-6H3/t18-,19+,20-,21-,22+,23+/m1/s1. The highest BCUT2D eigenvalue weighted by Crippen LogP contribution is 2.48. The molecule has 1 heterocycles. The Morgan fingerprint density at radius 1 is 1.24 bits per heavy atom. The fraction of sp³-hybridized carbons (Fsp3) is 0.913. The predicted octanol–water partition coefficient (Wildman–Crippen LogP) is 2.03. The Labute approximate surface area is 177 Å². The summed E-state index contributed by atoms with van der Waals surface area (Å²) < 4.78 is 5.61. The number of ether oxygens (including phenoxy) is 1. The molecule has 0 aromatic rings. The molecule has 1 saturated heterocycles. The number of nitrogens with zero attached hydrogens (tertiary/aromatic N) is 2. The van der Waals surface area contributed by atoms with Crippen molar-refractivity contribution in [3.8, 4) is 0 Å². The van der Waals surface area contributed by atoms with Gasteiger partial charge in [-0.25, -0.2) is 0 Å². The van der Waals surface area contributed by atoms with Gasteiger partial charge in [-0.3, -0.25) is 4.90 Å². The summed E-state index contributed by atoms with van der Waals surface area (Å²) in [5.74, 6) is -0.515. The van der Waals surface area contributed by atoms with Crippen LogP contribution in [-0.2, 0) is 4.74 Å². The molecular weight excluding hydrogens is 368 g/mol. The Kier molecular flexibility index (Phi) is 8.72. The largest absolute Gasteiger partial charge is 0.390 e. The molecule has 2 rings (SSSR count). The van der Waals surface area contributed by atoms with Crippen molar-refractivity contribution in [1.82, 2.24) is 9.80 Å². The molecule has 2 aliphatic rings. The zero-order valence-corrected chi connectivity index (χ0v) is 19.4. The molecule has 1 aliphatic heterocycles. The third-order valence-electron chi connectivity index (χ3n) is 7.22. The number of aliphatic hydroxyl groups excluding tert-OH is 1. The van der Waals surface area contributed by atoms with Crippen LogP contribution >= 0.6 is 0 Å². The van der Waals surface area contributed by atoms with Gasteiger partial charge in [0.15, 0.2) is 0 Å². The zero-order chi connectivity index (χ0) is 21.8. The molecule has 0 unspecified atom stereocenters. The molecule has 0 aromatic carbocycles. The van der Waals surface area contributed by atoms with E-state index in [1.54, 1.807) is 7.11 Å². The van der Waals surface area contributed by atoms with Gasteiger partial charge in [0, 0.05) is 25.6 Å². The van der Waals surface area contributed by atoms with Crippen molar-refractivity contribution in [2.45, 2.75) is 89.8 Å². The molecule has 0 bridgehead atoms. The van der Waals surface area contributed by atoms with E-state index in [0.717, 1.165) is 39.0 Å². The summed E-state index contributed by atoms with van der Waals surface area (Å²) in [6.07, 6.45) is 3.65. The summed E-state index contributed by atoms with van der Waals surface area (Å²) >= 11 is 0. The van der Waals surface area contributed by atoms with Crippen LogP contribution in [0.4, 0.5) is 0 Å². The van der Waals surface area contributed by atoms with Crippen molar-refractivity contribution in [2.24, 2.45) is 5.92 Å². The van der Waals surface area contributed by atoms with E-state index in [1.807, 2.05) is 6.92 Å². The highest BCUT2D eigenvalue weighted by Gasteiger charge is 2.62. The minimum Gasteiger partial charge on any atom is -0.390 e. The Bertz CT molecular complexity index is 545. The fourth-order valence-corrected chi connectivity index (χ4v) is 5.64. The van der Waals surface area contributed by atoms with Crippen molar-refractivity contribution in [3.63, 3.8) is 0 Å². The first-order valence-electron chi connectivity index (χ1n) is 11.4. The maximum Gasteiger partial charge on any atom is 0.0914 e. The van der Waals surface area contributed by atoms with Gasteiger partial charge in [-0.05, 0) is 72.6 Å². The van der Waals surface area contributed by atoms with Gasteiger partial charge in [-0.1, -0.05) is 25.5 Å². The lowest BCUT2D eigenvalue weighted by atomic mass is 9.59. The second-order valence-electron chi connectivity index (χ2n) is 9.50. The normalized spacial score (nSPS) is 38.1. The molecule has 0 spiro atoms. The summed E-state index contributed by atoms with van der Waals surface area (Å²) in [5, 5.41) is 33.9. The average Bonchev–Trinajstić information content (AvgIpc) is 2.65. The molecule has 2 fully saturated rings. The number of allylic oxidation sites excluding steroid dienone is 1. The Balaban J connectivity index is 2.29. The topological polar surface area (TPSA) is 76.4 Å². The van der Waals surface area contributed by atoms with Crippen LogP contribution in [0.25, 0.3) is 0 Å². The van der Waals surface area contributed by atoms with Crippen molar-refractivity contribution in [3.05, 3.63) is 11.6 Å². The number of likely N-dealkylation sites (tertiary alicyclic amines) is 1. The van der Waals surface area contributed by atoms with E-state index >= 15 is 0 Å². The number of piperidine rings is 1. The molecule has 0 amide bonds. The molecule has 6 nitrogen and oxygen atoms in total. The second kappa shape index (κ2) is 10.2. The molecular formula is C23H44N2O4. The smallest absolute Gasteiger partial charge is 0.0914 e. The van der Waals surface area contributed by atoms with Gasteiger partial charge in [-0.2, -0.15) is 0 Å². The van der Waals surface area contributed by atoms with Crippen LogP contribution in [0.15, 0.2) is 11.6 Å². The molecule has 3 N–H and O–H groups in total. The van der Waals surface area contributed by atoms with Gasteiger partial charge in [-0.15, -0.1) is 0 Å². The number of aliphatic hydroxyl groups is 3. The summed E-state index contributed by atoms with van der Waals surface area (Å²) in [7, 11) is 1.57. The van der Waals surface area contributed by atoms with Crippen molar-refractivity contribution < 1.29 is 20.1 Å². The first-order chi connectivity index (χ1) is 13.6. The first-order valence-corrected chi connectivity index (χ1v) is 11.4. The first kappa shape index (κ1) is 24.8. The monoisotopic (exact) mass is 412 g/mol. The Hall–Kier alpha value is -0.500. The van der Waals surface area contributed by atoms with Crippen LogP contribution in [0.3, 0.4) is 0 Å². The lowest BCUT2D eigenvalue weighted by Gasteiger charge is -2.61. The van der Waals surface area contributed by atoms with E-state index in [2.05, 4.69) is 43.6 Å². The van der Waals surface area contributed by atoms with E-state index in [9.17, 15) is 15.3 Å². The lowest BCUT2D eigenvalue weighted by molar-refractivity contribution is -0.265. The maximum absolute atomic E-state index is 11.8. The van der Waals surface area contributed by atoms with Crippen LogP contribution in [0.1, 0.15) is 60.3 Å². The SMILES string of the molecule is CCN(CC)CCCN1C[C@@]2(O)CC[C@@H](O)[C@@H](OC)[C@@H]2[C@@](C)(O)[C@@H]1CC=C(C)C. The Morgan fingerprint density at radius 3 is 2.45 bits per heavy atom. The van der Waals surface area contributed by atoms with Gasteiger partial charge in [0.1, 0.15) is 0 Å². The summed E-state index contributed by atoms with van der Waals surface area (Å²) in [5.41, 5.74) is -1.01. The molecule has 6 atom stereocenters. The van der Waals surface area contributed by atoms with Crippen LogP contribution in [0.2, 0.25) is 0 Å². The average molecular weight is 413 g/mol. The van der Waals surface area contributed by atoms with E-state index in [-0.39, 0.29) is 6.04 Å². The number of β-amino-alcohol motifs (C(OH)–C–C–N with tert-alkyl or cyclic N) is 1. The number of hydrogen-bond donors (Lipinski definition) is 3. The molecule has 0 radical (unpaired) electrons. The van der Waals surface area contributed by atoms with E-state index in [0.29, 0.717) is 19.4 Å². The third kappa shape index (κ3) is 5.41. The van der Waals surface area contributed by atoms with E-state index in [1.165, 1.54) is 5.57 Å². The highest BCUT2D eigenvalue weighted by molar-refractivity contribution is 5.16. The molecule has 6 heteroatoms. The fourth-order valence-electron chi connectivity index (χ4n) is 5.64. The van der Waals surface area contributed by atoms with Crippen LogP contribution in [0.5, 0.6) is 0 Å². The lowest BCUT2D eigenvalue weighted by Crippen LogP contribution is -2.75. The minimum atomic E-state index is -1.17. The minimum absolute atomic E-state index is 0.123. The molecule has 0 aromatic heterocycles. The summed E-state index contributed by atoms with van der Waals surface area (Å²) in [4.78, 5) is 4.69. The van der Waals surface area contributed by atoms with Crippen LogP contribution in [0, 0.1) is 5.92 Å². The van der Waals surface area contributed by atoms with Gasteiger partial charge < -0.3 is 25.0 Å². The number of fused-ring (bicyclic) bond motifs is 1. The van der Waals surface area contributed by atoms with E-state index < -0.39 is 29.3 Å². The van der Waals surface area contributed by atoms with Crippen molar-refractivity contribution in [2.75, 3.05) is 39.8 Å². The van der Waals surface area contributed by atoms with Gasteiger partial charge in [0.2, 0.25) is 0 Å². The quantitative estimate of drug-likeness (QED) is 0.503. The summed E-state index contributed by atoms with van der Waals surface area (Å²) in [6.45, 7) is 14.8.